The first-order valence-corrected chi connectivity index (χ1v) is 5.43. The molecule has 19 heavy (non-hydrogen) atoms. The second kappa shape index (κ2) is 5.33. The molecule has 0 radical (unpaired) electrons. The molecule has 106 valence electrons. The molecule has 5 nitrogen and oxygen atoms in total. The van der Waals surface area contributed by atoms with Gasteiger partial charge in [-0.15, -0.1) is 0 Å². The smallest absolute Gasteiger partial charge is 0.384 e. The second-order valence-electron chi connectivity index (χ2n) is 4.26. The average molecular weight is 276 g/mol. The molecule has 0 aromatic carbocycles. The molecule has 1 aromatic rings. The van der Waals surface area contributed by atoms with Crippen molar-refractivity contribution < 1.29 is 18.0 Å². The minimum atomic E-state index is -4.51. The van der Waals surface area contributed by atoms with Gasteiger partial charge in [0.05, 0.1) is 5.56 Å². The van der Waals surface area contributed by atoms with Crippen molar-refractivity contribution in [2.75, 3.05) is 25.1 Å². The highest BCUT2D eigenvalue weighted by atomic mass is 19.4. The van der Waals surface area contributed by atoms with E-state index in [0.717, 1.165) is 12.1 Å². The molecule has 0 aliphatic heterocycles. The third-order valence-corrected chi connectivity index (χ3v) is 2.35. The Balaban J connectivity index is 2.96. The Morgan fingerprint density at radius 2 is 2.00 bits per heavy atom. The molecule has 0 saturated carbocycles. The number of aromatic nitrogens is 1. The number of likely N-dealkylation sites (N-methyl/N-ethyl adjacent to an activating group) is 1. The van der Waals surface area contributed by atoms with E-state index in [0.29, 0.717) is 0 Å². The molecule has 0 saturated heterocycles. The predicted octanol–water partition coefficient (Wildman–Crippen LogP) is 1.57. The highest BCUT2D eigenvalue weighted by Crippen LogP contribution is 2.31. The first-order chi connectivity index (χ1) is 8.61. The Morgan fingerprint density at radius 3 is 2.47 bits per heavy atom. The fraction of sp³-hybridized carbons (Fsp3) is 0.455. The number of anilines is 2. The molecule has 0 bridgehead atoms. The van der Waals surface area contributed by atoms with Gasteiger partial charge in [0.25, 0.3) is 0 Å². The van der Waals surface area contributed by atoms with Crippen LogP contribution in [0, 0.1) is 0 Å². The fourth-order valence-corrected chi connectivity index (χ4v) is 1.46. The van der Waals surface area contributed by atoms with Gasteiger partial charge in [0.2, 0.25) is 5.91 Å². The third-order valence-electron chi connectivity index (χ3n) is 2.35. The number of nitrogens with zero attached hydrogens (tertiary/aromatic N) is 2. The molecule has 8 heteroatoms. The van der Waals surface area contributed by atoms with E-state index in [9.17, 15) is 18.0 Å². The van der Waals surface area contributed by atoms with E-state index in [1.807, 2.05) is 0 Å². The van der Waals surface area contributed by atoms with Crippen LogP contribution < -0.4 is 11.1 Å². The van der Waals surface area contributed by atoms with E-state index in [-0.39, 0.29) is 17.5 Å². The minimum absolute atomic E-state index is 0.0879. The molecule has 3 N–H and O–H groups in total. The molecule has 0 aliphatic rings. The summed E-state index contributed by atoms with van der Waals surface area (Å²) in [4.78, 5) is 16.6. The Bertz CT molecular complexity index is 473. The number of carbonyl (C=O) groups is 1. The number of rotatable bonds is 3. The van der Waals surface area contributed by atoms with Crippen molar-refractivity contribution in [2.45, 2.75) is 19.1 Å². The second-order valence-corrected chi connectivity index (χ2v) is 4.26. The van der Waals surface area contributed by atoms with Crippen LogP contribution in [0.15, 0.2) is 12.1 Å². The maximum atomic E-state index is 12.6. The molecule has 1 amide bonds. The normalized spacial score (nSPS) is 12.9. The summed E-state index contributed by atoms with van der Waals surface area (Å²) in [5.74, 6) is -0.630. The third kappa shape index (κ3) is 4.01. The van der Waals surface area contributed by atoms with Crippen molar-refractivity contribution in [3.63, 3.8) is 0 Å². The summed E-state index contributed by atoms with van der Waals surface area (Å²) >= 11 is 0. The van der Waals surface area contributed by atoms with Gasteiger partial charge >= 0.3 is 6.18 Å². The Morgan fingerprint density at radius 1 is 1.42 bits per heavy atom. The summed E-state index contributed by atoms with van der Waals surface area (Å²) < 4.78 is 37.8. The summed E-state index contributed by atoms with van der Waals surface area (Å²) in [5.41, 5.74) is 4.41. The Labute approximate surface area is 108 Å². The van der Waals surface area contributed by atoms with Crippen LogP contribution in [0.2, 0.25) is 0 Å². The van der Waals surface area contributed by atoms with Crippen LogP contribution in [0.3, 0.4) is 0 Å². The average Bonchev–Trinajstić information content (AvgIpc) is 2.25. The number of halogens is 3. The lowest BCUT2D eigenvalue weighted by atomic mass is 10.2. The molecular weight excluding hydrogens is 261 g/mol. The summed E-state index contributed by atoms with van der Waals surface area (Å²) in [6.45, 7) is 1.53. The summed E-state index contributed by atoms with van der Waals surface area (Å²) in [6.07, 6.45) is -4.51. The molecular formula is C11H15F3N4O. The van der Waals surface area contributed by atoms with Crippen LogP contribution in [0.25, 0.3) is 0 Å². The van der Waals surface area contributed by atoms with Crippen molar-refractivity contribution in [1.29, 1.82) is 0 Å². The van der Waals surface area contributed by atoms with E-state index < -0.39 is 17.8 Å². The Hall–Kier alpha value is -1.99. The molecule has 1 atom stereocenters. The lowest BCUT2D eigenvalue weighted by Crippen LogP contribution is -2.36. The zero-order valence-corrected chi connectivity index (χ0v) is 10.7. The molecule has 0 fully saturated rings. The van der Waals surface area contributed by atoms with Crippen LogP contribution in [0.5, 0.6) is 0 Å². The van der Waals surface area contributed by atoms with E-state index in [4.69, 9.17) is 5.73 Å². The van der Waals surface area contributed by atoms with Crippen LogP contribution in [0.1, 0.15) is 12.5 Å². The number of hydrogen-bond acceptors (Lipinski definition) is 4. The summed E-state index contributed by atoms with van der Waals surface area (Å²) in [7, 11) is 3.10. The molecule has 1 rings (SSSR count). The maximum absolute atomic E-state index is 12.6. The van der Waals surface area contributed by atoms with Gasteiger partial charge in [-0.1, -0.05) is 0 Å². The minimum Gasteiger partial charge on any atom is -0.384 e. The molecule has 1 unspecified atom stereocenters. The van der Waals surface area contributed by atoms with Crippen LogP contribution in [-0.4, -0.2) is 35.9 Å². The monoisotopic (exact) mass is 276 g/mol. The van der Waals surface area contributed by atoms with E-state index >= 15 is 0 Å². The molecule has 1 heterocycles. The molecule has 1 aromatic heterocycles. The van der Waals surface area contributed by atoms with Gasteiger partial charge in [0, 0.05) is 14.1 Å². The van der Waals surface area contributed by atoms with Gasteiger partial charge in [0.1, 0.15) is 17.7 Å². The first-order valence-electron chi connectivity index (χ1n) is 5.43. The van der Waals surface area contributed by atoms with Gasteiger partial charge in [-0.25, -0.2) is 4.98 Å². The van der Waals surface area contributed by atoms with Gasteiger partial charge < -0.3 is 16.0 Å². The van der Waals surface area contributed by atoms with E-state index in [1.165, 1.54) is 11.8 Å². The van der Waals surface area contributed by atoms with Gasteiger partial charge in [-0.2, -0.15) is 13.2 Å². The lowest BCUT2D eigenvalue weighted by molar-refractivity contribution is -0.137. The zero-order chi connectivity index (χ0) is 14.8. The number of carbonyl (C=O) groups excluding carboxylic acids is 1. The van der Waals surface area contributed by atoms with Crippen LogP contribution in [0.4, 0.5) is 24.8 Å². The van der Waals surface area contributed by atoms with E-state index in [1.54, 1.807) is 14.1 Å². The quantitative estimate of drug-likeness (QED) is 0.879. The van der Waals surface area contributed by atoms with Crippen molar-refractivity contribution in [1.82, 2.24) is 9.88 Å². The highest BCUT2D eigenvalue weighted by molar-refractivity contribution is 5.83. The number of alkyl halides is 3. The predicted molar refractivity (Wildman–Crippen MR) is 65.4 cm³/mol. The number of hydrogen-bond donors (Lipinski definition) is 2. The highest BCUT2D eigenvalue weighted by Gasteiger charge is 2.31. The summed E-state index contributed by atoms with van der Waals surface area (Å²) in [5, 5.41) is 2.59. The topological polar surface area (TPSA) is 71.2 Å². The summed E-state index contributed by atoms with van der Waals surface area (Å²) in [6, 6.07) is 0.852. The number of nitrogen functional groups attached to an aromatic ring is 1. The lowest BCUT2D eigenvalue weighted by Gasteiger charge is -2.19. The van der Waals surface area contributed by atoms with Crippen molar-refractivity contribution in [3.8, 4) is 0 Å². The van der Waals surface area contributed by atoms with E-state index in [2.05, 4.69) is 10.3 Å². The van der Waals surface area contributed by atoms with Crippen molar-refractivity contribution in [3.05, 3.63) is 17.7 Å². The van der Waals surface area contributed by atoms with Crippen LogP contribution in [-0.2, 0) is 11.0 Å². The number of amides is 1. The van der Waals surface area contributed by atoms with Gasteiger partial charge in [0.15, 0.2) is 0 Å². The number of nitrogens with one attached hydrogen (secondary N) is 1. The molecule has 0 spiro atoms. The van der Waals surface area contributed by atoms with Crippen molar-refractivity contribution >= 4 is 17.5 Å². The van der Waals surface area contributed by atoms with Gasteiger partial charge in [-0.05, 0) is 19.1 Å². The number of pyridine rings is 1. The molecule has 0 aliphatic carbocycles. The fourth-order valence-electron chi connectivity index (χ4n) is 1.46. The largest absolute Gasteiger partial charge is 0.416 e. The SMILES string of the molecule is CC(Nc1cc(C(F)(F)F)cc(N)n1)C(=O)N(C)C. The Kier molecular flexibility index (Phi) is 4.23. The zero-order valence-electron chi connectivity index (χ0n) is 10.7. The van der Waals surface area contributed by atoms with Crippen molar-refractivity contribution in [2.24, 2.45) is 0 Å². The number of nitrogens with two attached hydrogens (primary N) is 1. The van der Waals surface area contributed by atoms with Crippen LogP contribution >= 0.6 is 0 Å². The first kappa shape index (κ1) is 15.1. The van der Waals surface area contributed by atoms with Gasteiger partial charge in [-0.3, -0.25) is 4.79 Å². The standard InChI is InChI=1S/C11H15F3N4O/c1-6(10(19)18(2)3)16-9-5-7(11(12,13)14)4-8(15)17-9/h4-6H,1-3H3,(H3,15,16,17). The maximum Gasteiger partial charge on any atom is 0.416 e.